The number of benzene rings is 1. The van der Waals surface area contributed by atoms with Crippen LogP contribution >= 0.6 is 0 Å². The minimum atomic E-state index is -0.501. The Kier molecular flexibility index (Phi) is 7.22. The number of carbonyl (C=O) groups is 2. The van der Waals surface area contributed by atoms with Crippen LogP contribution in [0.5, 0.6) is 0 Å². The summed E-state index contributed by atoms with van der Waals surface area (Å²) in [7, 11) is 0. The highest BCUT2D eigenvalue weighted by Crippen LogP contribution is 2.35. The monoisotopic (exact) mass is 507 g/mol. The normalized spacial score (nSPS) is 22.2. The molecule has 3 saturated heterocycles. The Morgan fingerprint density at radius 1 is 0.919 bits per heavy atom. The van der Waals surface area contributed by atoms with Gasteiger partial charge in [0.15, 0.2) is 0 Å². The van der Waals surface area contributed by atoms with E-state index in [4.69, 9.17) is 14.5 Å². The van der Waals surface area contributed by atoms with Crippen LogP contribution in [0.4, 0.5) is 15.5 Å². The summed E-state index contributed by atoms with van der Waals surface area (Å²) >= 11 is 0. The lowest BCUT2D eigenvalue weighted by atomic mass is 9.93. The molecule has 9 nitrogen and oxygen atoms in total. The molecule has 2 unspecified atom stereocenters. The first kappa shape index (κ1) is 25.3. The highest BCUT2D eigenvalue weighted by molar-refractivity contribution is 5.69. The van der Waals surface area contributed by atoms with Crippen LogP contribution in [0.2, 0.25) is 0 Å². The van der Waals surface area contributed by atoms with Crippen molar-refractivity contribution in [3.8, 4) is 0 Å². The molecular formula is C28H37N5O4. The summed E-state index contributed by atoms with van der Waals surface area (Å²) in [5.74, 6) is 1.03. The molecule has 3 aliphatic heterocycles. The van der Waals surface area contributed by atoms with Crippen molar-refractivity contribution < 1.29 is 19.1 Å². The first-order chi connectivity index (χ1) is 17.8. The van der Waals surface area contributed by atoms with Gasteiger partial charge in [-0.05, 0) is 58.1 Å². The van der Waals surface area contributed by atoms with Crippen LogP contribution in [-0.4, -0.2) is 75.8 Å². The van der Waals surface area contributed by atoms with E-state index >= 15 is 0 Å². The van der Waals surface area contributed by atoms with Gasteiger partial charge in [0.05, 0.1) is 12.1 Å². The van der Waals surface area contributed by atoms with Crippen molar-refractivity contribution in [2.45, 2.75) is 76.7 Å². The number of ether oxygens (including phenoxy) is 2. The molecule has 2 aromatic rings. The second-order valence-electron chi connectivity index (χ2n) is 11.3. The summed E-state index contributed by atoms with van der Waals surface area (Å²) in [6.07, 6.45) is 5.06. The molecule has 37 heavy (non-hydrogen) atoms. The summed E-state index contributed by atoms with van der Waals surface area (Å²) < 4.78 is 11.1. The molecule has 0 N–H and O–H groups in total. The maximum Gasteiger partial charge on any atom is 0.410 e. The van der Waals surface area contributed by atoms with Crippen LogP contribution < -0.4 is 4.90 Å². The van der Waals surface area contributed by atoms with Crippen molar-refractivity contribution in [1.29, 1.82) is 0 Å². The maximum atomic E-state index is 12.6. The van der Waals surface area contributed by atoms with Crippen LogP contribution in [-0.2, 0) is 16.1 Å². The van der Waals surface area contributed by atoms with Gasteiger partial charge in [-0.1, -0.05) is 30.3 Å². The lowest BCUT2D eigenvalue weighted by Crippen LogP contribution is -2.56. The van der Waals surface area contributed by atoms with E-state index in [0.29, 0.717) is 32.8 Å². The molecule has 198 valence electrons. The van der Waals surface area contributed by atoms with Crippen molar-refractivity contribution in [2.75, 3.05) is 31.1 Å². The van der Waals surface area contributed by atoms with Gasteiger partial charge in [-0.3, -0.25) is 0 Å². The fourth-order valence-corrected chi connectivity index (χ4v) is 5.59. The summed E-state index contributed by atoms with van der Waals surface area (Å²) in [4.78, 5) is 40.7. The zero-order valence-electron chi connectivity index (χ0n) is 22.0. The average molecular weight is 508 g/mol. The van der Waals surface area contributed by atoms with Gasteiger partial charge in [-0.2, -0.15) is 0 Å². The second kappa shape index (κ2) is 10.6. The molecule has 0 aliphatic carbocycles. The Morgan fingerprint density at radius 3 is 2.24 bits per heavy atom. The highest BCUT2D eigenvalue weighted by Gasteiger charge is 2.43. The van der Waals surface area contributed by atoms with E-state index in [9.17, 15) is 9.59 Å². The molecule has 3 fully saturated rings. The van der Waals surface area contributed by atoms with Crippen LogP contribution in [0, 0.1) is 0 Å². The van der Waals surface area contributed by atoms with Gasteiger partial charge in [0.1, 0.15) is 12.2 Å². The number of fused-ring (bicyclic) bond motifs is 2. The predicted octanol–water partition coefficient (Wildman–Crippen LogP) is 4.58. The van der Waals surface area contributed by atoms with E-state index in [1.807, 2.05) is 68.3 Å². The molecule has 5 rings (SSSR count). The number of aromatic nitrogens is 2. The van der Waals surface area contributed by atoms with Crippen LogP contribution in [0.3, 0.4) is 0 Å². The number of piperidine rings is 1. The molecule has 3 aliphatic rings. The van der Waals surface area contributed by atoms with Crippen molar-refractivity contribution in [2.24, 2.45) is 0 Å². The minimum absolute atomic E-state index is 0.197. The first-order valence-corrected chi connectivity index (χ1v) is 13.3. The summed E-state index contributed by atoms with van der Waals surface area (Å²) in [5.41, 5.74) is 1.51. The van der Waals surface area contributed by atoms with Gasteiger partial charge < -0.3 is 24.2 Å². The fourth-order valence-electron chi connectivity index (χ4n) is 5.59. The largest absolute Gasteiger partial charge is 0.445 e. The molecule has 0 saturated carbocycles. The summed E-state index contributed by atoms with van der Waals surface area (Å²) in [6, 6.07) is 12.1. The maximum absolute atomic E-state index is 12.6. The van der Waals surface area contributed by atoms with E-state index in [1.54, 1.807) is 4.90 Å². The molecule has 2 amide bonds. The predicted molar refractivity (Wildman–Crippen MR) is 139 cm³/mol. The van der Waals surface area contributed by atoms with E-state index in [1.165, 1.54) is 0 Å². The Hall–Kier alpha value is -3.36. The van der Waals surface area contributed by atoms with E-state index in [2.05, 4.69) is 9.88 Å². The van der Waals surface area contributed by atoms with Gasteiger partial charge in [0, 0.05) is 44.0 Å². The minimum Gasteiger partial charge on any atom is -0.445 e. The quantitative estimate of drug-likeness (QED) is 0.598. The number of nitrogens with zero attached hydrogens (tertiary/aromatic N) is 5. The van der Waals surface area contributed by atoms with Crippen molar-refractivity contribution in [3.05, 3.63) is 53.9 Å². The van der Waals surface area contributed by atoms with E-state index in [0.717, 1.165) is 42.9 Å². The molecule has 0 radical (unpaired) electrons. The lowest BCUT2D eigenvalue weighted by molar-refractivity contribution is 0.0208. The molecule has 0 spiro atoms. The number of hydrogen-bond acceptors (Lipinski definition) is 7. The van der Waals surface area contributed by atoms with Gasteiger partial charge in [0.2, 0.25) is 5.95 Å². The van der Waals surface area contributed by atoms with Gasteiger partial charge >= 0.3 is 12.2 Å². The van der Waals surface area contributed by atoms with E-state index < -0.39 is 5.60 Å². The topological polar surface area (TPSA) is 88.1 Å². The SMILES string of the molecule is CC(C)(C)OC(=O)N1CC2CCC(C1)N2c1nccc(C2CCN(C(=O)OCc3ccccc3)CC2)n1. The third-order valence-electron chi connectivity index (χ3n) is 7.41. The van der Waals surface area contributed by atoms with Gasteiger partial charge in [0.25, 0.3) is 0 Å². The summed E-state index contributed by atoms with van der Waals surface area (Å²) in [5, 5.41) is 0. The number of hydrogen-bond donors (Lipinski definition) is 0. The Balaban J connectivity index is 1.17. The molecule has 4 heterocycles. The molecule has 2 bridgehead atoms. The number of rotatable bonds is 4. The van der Waals surface area contributed by atoms with Crippen LogP contribution in [0.15, 0.2) is 42.6 Å². The standard InChI is InChI=1S/C28H37N5O4/c1-28(2,3)37-27(35)32-17-22-9-10-23(18-32)33(22)25-29-14-11-24(30-25)21-12-15-31(16-13-21)26(34)36-19-20-7-5-4-6-8-20/h4-8,11,14,21-23H,9-10,12-13,15-19H2,1-3H3. The smallest absolute Gasteiger partial charge is 0.410 e. The Bertz CT molecular complexity index is 1080. The number of carbonyl (C=O) groups excluding carboxylic acids is 2. The van der Waals surface area contributed by atoms with Gasteiger partial charge in [-0.15, -0.1) is 0 Å². The molecule has 9 heteroatoms. The number of likely N-dealkylation sites (tertiary alicyclic amines) is 2. The van der Waals surface area contributed by atoms with Crippen molar-refractivity contribution in [1.82, 2.24) is 19.8 Å². The van der Waals surface area contributed by atoms with Crippen LogP contribution in [0.1, 0.15) is 63.6 Å². The lowest BCUT2D eigenvalue weighted by Gasteiger charge is -2.41. The fraction of sp³-hybridized carbons (Fsp3) is 0.571. The third kappa shape index (κ3) is 5.97. The third-order valence-corrected chi connectivity index (χ3v) is 7.41. The number of anilines is 1. The molecule has 1 aromatic heterocycles. The summed E-state index contributed by atoms with van der Waals surface area (Å²) in [6.45, 7) is 8.53. The molecule has 2 atom stereocenters. The number of amides is 2. The number of piperazine rings is 1. The second-order valence-corrected chi connectivity index (χ2v) is 11.3. The zero-order chi connectivity index (χ0) is 26.0. The average Bonchev–Trinajstić information content (AvgIpc) is 3.16. The first-order valence-electron chi connectivity index (χ1n) is 13.3. The van der Waals surface area contributed by atoms with Crippen molar-refractivity contribution >= 4 is 18.1 Å². The molecular weight excluding hydrogens is 470 g/mol. The highest BCUT2D eigenvalue weighted by atomic mass is 16.6. The van der Waals surface area contributed by atoms with Crippen molar-refractivity contribution in [3.63, 3.8) is 0 Å². The molecule has 1 aromatic carbocycles. The Morgan fingerprint density at radius 2 is 1.59 bits per heavy atom. The van der Waals surface area contributed by atoms with Crippen LogP contribution in [0.25, 0.3) is 0 Å². The zero-order valence-corrected chi connectivity index (χ0v) is 22.0. The Labute approximate surface area is 218 Å². The van der Waals surface area contributed by atoms with E-state index in [-0.39, 0.29) is 30.2 Å². The van der Waals surface area contributed by atoms with Gasteiger partial charge in [-0.25, -0.2) is 19.6 Å².